The van der Waals surface area contributed by atoms with Crippen LogP contribution in [0.5, 0.6) is 11.5 Å². The predicted molar refractivity (Wildman–Crippen MR) is 114 cm³/mol. The number of ether oxygens (including phenoxy) is 2. The summed E-state index contributed by atoms with van der Waals surface area (Å²) >= 11 is 7.27. The maximum absolute atomic E-state index is 12.4. The van der Waals surface area contributed by atoms with Crippen LogP contribution in [0.4, 0.5) is 5.69 Å². The van der Waals surface area contributed by atoms with E-state index in [-0.39, 0.29) is 11.7 Å². The molecule has 1 aromatic heterocycles. The summed E-state index contributed by atoms with van der Waals surface area (Å²) in [6, 6.07) is 10.8. The summed E-state index contributed by atoms with van der Waals surface area (Å²) in [5.74, 6) is 7.54. The number of aromatic nitrogens is 3. The Morgan fingerprint density at radius 1 is 1.21 bits per heavy atom. The van der Waals surface area contributed by atoms with E-state index >= 15 is 0 Å². The molecule has 10 heteroatoms. The number of anilines is 1. The molecule has 3 N–H and O–H groups in total. The number of halogens is 1. The molecule has 0 saturated carbocycles. The van der Waals surface area contributed by atoms with Gasteiger partial charge in [0.05, 0.1) is 31.2 Å². The average Bonchev–Trinajstić information content (AvgIpc) is 3.09. The highest BCUT2D eigenvalue weighted by molar-refractivity contribution is 7.99. The lowest BCUT2D eigenvalue weighted by molar-refractivity contribution is -0.113. The van der Waals surface area contributed by atoms with Crippen molar-refractivity contribution in [3.8, 4) is 22.9 Å². The number of para-hydroxylation sites is 1. The molecule has 8 nitrogen and oxygen atoms in total. The number of carbonyl (C=O) groups excluding carboxylic acids is 1. The zero-order valence-corrected chi connectivity index (χ0v) is 17.7. The maximum atomic E-state index is 12.4. The Morgan fingerprint density at radius 3 is 2.66 bits per heavy atom. The third kappa shape index (κ3) is 4.57. The number of aryl methyl sites for hydroxylation is 1. The van der Waals surface area contributed by atoms with Gasteiger partial charge in [0.2, 0.25) is 11.1 Å². The topological polar surface area (TPSA) is 104 Å². The van der Waals surface area contributed by atoms with E-state index in [0.717, 1.165) is 5.56 Å². The Balaban J connectivity index is 1.71. The quantitative estimate of drug-likeness (QED) is 0.434. The van der Waals surface area contributed by atoms with Crippen molar-refractivity contribution < 1.29 is 14.3 Å². The van der Waals surface area contributed by atoms with E-state index in [1.807, 2.05) is 31.2 Å². The van der Waals surface area contributed by atoms with Crippen LogP contribution in [-0.4, -0.2) is 40.8 Å². The largest absolute Gasteiger partial charge is 0.496 e. The molecule has 0 bridgehead atoms. The van der Waals surface area contributed by atoms with Gasteiger partial charge < -0.3 is 20.6 Å². The standard InChI is InChI=1S/C19H20ClN5O3S/c1-11-8-14(16(28-3)9-13(11)20)22-17(26)10-29-19-24-23-18(25(19)21)12-6-4-5-7-15(12)27-2/h4-9H,10,21H2,1-3H3,(H,22,26). The summed E-state index contributed by atoms with van der Waals surface area (Å²) in [4.78, 5) is 12.4. The molecule has 2 aromatic carbocycles. The highest BCUT2D eigenvalue weighted by Gasteiger charge is 2.17. The number of thioether (sulfide) groups is 1. The van der Waals surface area contributed by atoms with E-state index in [4.69, 9.17) is 26.9 Å². The molecule has 0 unspecified atom stereocenters. The minimum atomic E-state index is -0.239. The number of carbonyl (C=O) groups is 1. The number of nitrogens with one attached hydrogen (secondary N) is 1. The van der Waals surface area contributed by atoms with Gasteiger partial charge in [0.1, 0.15) is 11.5 Å². The summed E-state index contributed by atoms with van der Waals surface area (Å²) in [7, 11) is 3.09. The molecule has 0 aliphatic rings. The second-order valence-electron chi connectivity index (χ2n) is 6.01. The van der Waals surface area contributed by atoms with E-state index < -0.39 is 0 Å². The lowest BCUT2D eigenvalue weighted by Gasteiger charge is -2.12. The number of nitrogen functional groups attached to an aromatic ring is 1. The van der Waals surface area contributed by atoms with Crippen LogP contribution in [0.2, 0.25) is 5.02 Å². The predicted octanol–water partition coefficient (Wildman–Crippen LogP) is 3.37. The van der Waals surface area contributed by atoms with E-state index in [0.29, 0.717) is 38.8 Å². The summed E-state index contributed by atoms with van der Waals surface area (Å²) in [6.07, 6.45) is 0. The van der Waals surface area contributed by atoms with Gasteiger partial charge in [-0.3, -0.25) is 4.79 Å². The van der Waals surface area contributed by atoms with Crippen LogP contribution < -0.4 is 20.6 Å². The van der Waals surface area contributed by atoms with Crippen molar-refractivity contribution in [3.05, 3.63) is 47.0 Å². The molecular formula is C19H20ClN5O3S. The normalized spacial score (nSPS) is 10.6. The Labute approximate surface area is 177 Å². The highest BCUT2D eigenvalue weighted by Crippen LogP contribution is 2.32. The molecule has 1 amide bonds. The fourth-order valence-electron chi connectivity index (χ4n) is 2.63. The van der Waals surface area contributed by atoms with Gasteiger partial charge in [-0.1, -0.05) is 35.5 Å². The number of methoxy groups -OCH3 is 2. The molecule has 1 heterocycles. The zero-order chi connectivity index (χ0) is 21.0. The fraction of sp³-hybridized carbons (Fsp3) is 0.211. The Kier molecular flexibility index (Phi) is 6.50. The van der Waals surface area contributed by atoms with Gasteiger partial charge in [-0.2, -0.15) is 0 Å². The number of amides is 1. The van der Waals surface area contributed by atoms with Gasteiger partial charge in [-0.15, -0.1) is 10.2 Å². The number of nitrogens with zero attached hydrogens (tertiary/aromatic N) is 3. The van der Waals surface area contributed by atoms with Crippen LogP contribution in [0.3, 0.4) is 0 Å². The van der Waals surface area contributed by atoms with Gasteiger partial charge in [0.25, 0.3) is 0 Å². The maximum Gasteiger partial charge on any atom is 0.234 e. The number of rotatable bonds is 7. The second kappa shape index (κ2) is 9.06. The van der Waals surface area contributed by atoms with E-state index in [2.05, 4.69) is 15.5 Å². The molecule has 0 radical (unpaired) electrons. The van der Waals surface area contributed by atoms with Gasteiger partial charge in [0.15, 0.2) is 5.82 Å². The van der Waals surface area contributed by atoms with E-state index in [1.165, 1.54) is 23.5 Å². The summed E-state index contributed by atoms with van der Waals surface area (Å²) in [6.45, 7) is 1.85. The lowest BCUT2D eigenvalue weighted by Crippen LogP contribution is -2.17. The Bertz CT molecular complexity index is 1040. The van der Waals surface area contributed by atoms with Crippen molar-refractivity contribution in [1.29, 1.82) is 0 Å². The lowest BCUT2D eigenvalue weighted by atomic mass is 10.2. The molecule has 152 valence electrons. The van der Waals surface area contributed by atoms with Gasteiger partial charge >= 0.3 is 0 Å². The molecule has 3 rings (SSSR count). The third-order valence-electron chi connectivity index (χ3n) is 4.10. The Morgan fingerprint density at radius 2 is 1.93 bits per heavy atom. The van der Waals surface area contributed by atoms with Crippen molar-refractivity contribution in [2.45, 2.75) is 12.1 Å². The molecule has 0 aliphatic carbocycles. The van der Waals surface area contributed by atoms with Crippen molar-refractivity contribution in [1.82, 2.24) is 14.9 Å². The fourth-order valence-corrected chi connectivity index (χ4v) is 3.44. The monoisotopic (exact) mass is 433 g/mol. The van der Waals surface area contributed by atoms with Gasteiger partial charge in [-0.05, 0) is 30.7 Å². The van der Waals surface area contributed by atoms with Crippen LogP contribution in [0.15, 0.2) is 41.6 Å². The summed E-state index contributed by atoms with van der Waals surface area (Å²) in [5, 5.41) is 12.0. The minimum absolute atomic E-state index is 0.0894. The molecule has 0 spiro atoms. The van der Waals surface area contributed by atoms with Crippen LogP contribution in [0, 0.1) is 6.92 Å². The van der Waals surface area contributed by atoms with Crippen molar-refractivity contribution >= 4 is 35.0 Å². The first kappa shape index (κ1) is 20.8. The first-order valence-electron chi connectivity index (χ1n) is 8.55. The van der Waals surface area contributed by atoms with Crippen molar-refractivity contribution in [2.24, 2.45) is 0 Å². The first-order chi connectivity index (χ1) is 13.9. The SMILES string of the molecule is COc1cc(Cl)c(C)cc1NC(=O)CSc1nnc(-c2ccccc2OC)n1N. The molecule has 3 aromatic rings. The third-order valence-corrected chi connectivity index (χ3v) is 5.45. The van der Waals surface area contributed by atoms with Gasteiger partial charge in [0, 0.05) is 11.1 Å². The number of benzene rings is 2. The van der Waals surface area contributed by atoms with Crippen molar-refractivity contribution in [3.63, 3.8) is 0 Å². The summed E-state index contributed by atoms with van der Waals surface area (Å²) in [5.41, 5.74) is 2.09. The number of hydrogen-bond acceptors (Lipinski definition) is 7. The van der Waals surface area contributed by atoms with Crippen molar-refractivity contribution in [2.75, 3.05) is 31.1 Å². The van der Waals surface area contributed by atoms with Gasteiger partial charge in [-0.25, -0.2) is 4.68 Å². The second-order valence-corrected chi connectivity index (χ2v) is 7.36. The average molecular weight is 434 g/mol. The molecular weight excluding hydrogens is 414 g/mol. The molecule has 0 aliphatic heterocycles. The number of hydrogen-bond donors (Lipinski definition) is 2. The van der Waals surface area contributed by atoms with Crippen LogP contribution in [0.1, 0.15) is 5.56 Å². The van der Waals surface area contributed by atoms with Crippen LogP contribution in [-0.2, 0) is 4.79 Å². The summed E-state index contributed by atoms with van der Waals surface area (Å²) < 4.78 is 11.9. The van der Waals surface area contributed by atoms with Crippen LogP contribution in [0.25, 0.3) is 11.4 Å². The highest BCUT2D eigenvalue weighted by atomic mass is 35.5. The molecule has 0 atom stereocenters. The van der Waals surface area contributed by atoms with Crippen LogP contribution >= 0.6 is 23.4 Å². The first-order valence-corrected chi connectivity index (χ1v) is 9.91. The van der Waals surface area contributed by atoms with E-state index in [9.17, 15) is 4.79 Å². The zero-order valence-electron chi connectivity index (χ0n) is 16.1. The number of nitrogens with two attached hydrogens (primary N) is 1. The molecule has 0 saturated heterocycles. The minimum Gasteiger partial charge on any atom is -0.496 e. The van der Waals surface area contributed by atoms with E-state index in [1.54, 1.807) is 19.2 Å². The Hall–Kier alpha value is -2.91. The molecule has 29 heavy (non-hydrogen) atoms. The molecule has 0 fully saturated rings. The smallest absolute Gasteiger partial charge is 0.234 e.